The zero-order valence-corrected chi connectivity index (χ0v) is 21.9. The topological polar surface area (TPSA) is 0 Å². The van der Waals surface area contributed by atoms with Gasteiger partial charge in [-0.3, -0.25) is 0 Å². The Hall–Kier alpha value is -2.87. The lowest BCUT2D eigenvalue weighted by Gasteiger charge is -2.31. The van der Waals surface area contributed by atoms with Gasteiger partial charge in [0.2, 0.25) is 0 Å². The fourth-order valence-electron chi connectivity index (χ4n) is 5.20. The SMILES string of the molecule is CC1=C(C#C/C(C)=C/C[P+](c2ccccc2)(c2ccccc2)c2ccccc2)C(C)(C)CCC1. The second-order valence-electron chi connectivity index (χ2n) is 10.0. The van der Waals surface area contributed by atoms with Gasteiger partial charge in [0.05, 0.1) is 6.16 Å². The van der Waals surface area contributed by atoms with Gasteiger partial charge in [-0.1, -0.05) is 85.9 Å². The third kappa shape index (κ3) is 5.12. The molecule has 0 bridgehead atoms. The van der Waals surface area contributed by atoms with Crippen molar-refractivity contribution in [2.75, 3.05) is 6.16 Å². The molecule has 3 aromatic rings. The minimum absolute atomic E-state index is 0.185. The number of hydrogen-bond donors (Lipinski definition) is 0. The molecule has 0 amide bonds. The van der Waals surface area contributed by atoms with Gasteiger partial charge in [-0.15, -0.1) is 0 Å². The molecule has 3 aromatic carbocycles. The molecule has 0 saturated heterocycles. The molecule has 0 heterocycles. The molecular formula is C33H36P+. The number of allylic oxidation sites excluding steroid dienone is 4. The van der Waals surface area contributed by atoms with Gasteiger partial charge >= 0.3 is 0 Å². The van der Waals surface area contributed by atoms with Crippen LogP contribution >= 0.6 is 7.26 Å². The molecule has 0 spiro atoms. The lowest BCUT2D eigenvalue weighted by atomic mass is 9.73. The van der Waals surface area contributed by atoms with Crippen LogP contribution in [-0.2, 0) is 0 Å². The number of hydrogen-bond acceptors (Lipinski definition) is 0. The third-order valence-electron chi connectivity index (χ3n) is 7.10. The highest BCUT2D eigenvalue weighted by molar-refractivity contribution is 7.95. The second-order valence-corrected chi connectivity index (χ2v) is 13.6. The predicted octanol–water partition coefficient (Wildman–Crippen LogP) is 7.46. The van der Waals surface area contributed by atoms with E-state index >= 15 is 0 Å². The van der Waals surface area contributed by atoms with Crippen LogP contribution in [0.3, 0.4) is 0 Å². The molecule has 1 aliphatic rings. The van der Waals surface area contributed by atoms with Crippen molar-refractivity contribution >= 4 is 23.2 Å². The lowest BCUT2D eigenvalue weighted by Crippen LogP contribution is -2.33. The minimum Gasteiger partial charge on any atom is -0.0669 e. The second kappa shape index (κ2) is 10.6. The van der Waals surface area contributed by atoms with E-state index in [9.17, 15) is 0 Å². The first-order valence-corrected chi connectivity index (χ1v) is 14.3. The molecule has 0 saturated carbocycles. The van der Waals surface area contributed by atoms with Crippen LogP contribution in [0.25, 0.3) is 0 Å². The first-order valence-electron chi connectivity index (χ1n) is 12.4. The minimum atomic E-state index is -1.86. The average molecular weight is 464 g/mol. The van der Waals surface area contributed by atoms with Crippen LogP contribution in [0.4, 0.5) is 0 Å². The Balaban J connectivity index is 1.80. The van der Waals surface area contributed by atoms with Crippen molar-refractivity contribution in [2.24, 2.45) is 5.41 Å². The summed E-state index contributed by atoms with van der Waals surface area (Å²) >= 11 is 0. The highest BCUT2D eigenvalue weighted by Gasteiger charge is 2.44. The molecule has 0 radical (unpaired) electrons. The summed E-state index contributed by atoms with van der Waals surface area (Å²) in [4.78, 5) is 0. The Bertz CT molecular complexity index is 1120. The maximum Gasteiger partial charge on any atom is 0.116 e. The Morgan fingerprint density at radius 3 is 1.74 bits per heavy atom. The van der Waals surface area contributed by atoms with Gasteiger partial charge in [0.15, 0.2) is 0 Å². The summed E-state index contributed by atoms with van der Waals surface area (Å²) in [6.45, 7) is 9.13. The molecule has 34 heavy (non-hydrogen) atoms. The molecule has 0 nitrogen and oxygen atoms in total. The molecule has 4 rings (SSSR count). The lowest BCUT2D eigenvalue weighted by molar-refractivity contribution is 0.380. The summed E-state index contributed by atoms with van der Waals surface area (Å²) in [6.07, 6.45) is 7.03. The molecule has 172 valence electrons. The van der Waals surface area contributed by atoms with Crippen molar-refractivity contribution in [1.82, 2.24) is 0 Å². The fourth-order valence-corrected chi connectivity index (χ4v) is 9.31. The predicted molar refractivity (Wildman–Crippen MR) is 152 cm³/mol. The van der Waals surface area contributed by atoms with Gasteiger partial charge in [0.1, 0.15) is 23.2 Å². The smallest absolute Gasteiger partial charge is 0.0669 e. The highest BCUT2D eigenvalue weighted by Crippen LogP contribution is 2.55. The van der Waals surface area contributed by atoms with E-state index in [2.05, 4.69) is 137 Å². The monoisotopic (exact) mass is 463 g/mol. The van der Waals surface area contributed by atoms with Crippen molar-refractivity contribution < 1.29 is 0 Å². The van der Waals surface area contributed by atoms with Gasteiger partial charge in [0.25, 0.3) is 0 Å². The van der Waals surface area contributed by atoms with E-state index in [1.807, 2.05) is 0 Å². The molecule has 0 unspecified atom stereocenters. The Labute approximate surface area is 207 Å². The van der Waals surface area contributed by atoms with Crippen LogP contribution in [0.1, 0.15) is 47.0 Å². The zero-order chi connectivity index (χ0) is 24.0. The van der Waals surface area contributed by atoms with Crippen molar-refractivity contribution in [3.8, 4) is 11.8 Å². The average Bonchev–Trinajstić information content (AvgIpc) is 2.86. The van der Waals surface area contributed by atoms with E-state index in [0.717, 1.165) is 11.7 Å². The molecular weight excluding hydrogens is 427 g/mol. The van der Waals surface area contributed by atoms with Crippen molar-refractivity contribution in [2.45, 2.75) is 47.0 Å². The quantitative estimate of drug-likeness (QED) is 0.272. The van der Waals surface area contributed by atoms with E-state index in [-0.39, 0.29) is 5.41 Å². The van der Waals surface area contributed by atoms with Crippen LogP contribution in [0.5, 0.6) is 0 Å². The number of rotatable bonds is 5. The molecule has 1 heteroatoms. The maximum absolute atomic E-state index is 3.59. The summed E-state index contributed by atoms with van der Waals surface area (Å²) in [5.74, 6) is 7.13. The third-order valence-corrected chi connectivity index (χ3v) is 11.4. The molecule has 0 atom stereocenters. The Kier molecular flexibility index (Phi) is 7.56. The largest absolute Gasteiger partial charge is 0.116 e. The standard InChI is InChI=1S/C33H36P/c1-27(22-23-32-28(2)15-14-25-33(32,3)4)24-26-34(29-16-8-5-9-17-29,30-18-10-6-11-19-30)31-20-12-7-13-21-31/h5-13,16-21,24H,14-15,25-26H2,1-4H3/q+1/b27-24+. The van der Waals surface area contributed by atoms with Crippen LogP contribution in [-0.4, -0.2) is 6.16 Å². The van der Waals surface area contributed by atoms with Crippen LogP contribution in [0.15, 0.2) is 114 Å². The van der Waals surface area contributed by atoms with Crippen molar-refractivity contribution in [1.29, 1.82) is 0 Å². The van der Waals surface area contributed by atoms with Gasteiger partial charge in [-0.2, -0.15) is 0 Å². The molecule has 0 N–H and O–H groups in total. The van der Waals surface area contributed by atoms with Gasteiger partial charge in [0, 0.05) is 5.57 Å². The normalized spacial score (nSPS) is 16.1. The fraction of sp³-hybridized carbons (Fsp3) is 0.273. The van der Waals surface area contributed by atoms with Gasteiger partial charge < -0.3 is 0 Å². The highest BCUT2D eigenvalue weighted by atomic mass is 31.2. The van der Waals surface area contributed by atoms with Crippen molar-refractivity contribution in [3.05, 3.63) is 114 Å². The van der Waals surface area contributed by atoms with Crippen LogP contribution in [0, 0.1) is 17.3 Å². The molecule has 0 fully saturated rings. The van der Waals surface area contributed by atoms with E-state index in [0.29, 0.717) is 0 Å². The van der Waals surface area contributed by atoms with E-state index in [1.54, 1.807) is 0 Å². The van der Waals surface area contributed by atoms with Crippen molar-refractivity contribution in [3.63, 3.8) is 0 Å². The molecule has 0 aromatic heterocycles. The van der Waals surface area contributed by atoms with E-state index in [1.165, 1.54) is 46.3 Å². The Morgan fingerprint density at radius 2 is 1.29 bits per heavy atom. The summed E-state index contributed by atoms with van der Waals surface area (Å²) in [5, 5.41) is 4.24. The first-order chi connectivity index (χ1) is 16.4. The van der Waals surface area contributed by atoms with Crippen LogP contribution < -0.4 is 15.9 Å². The summed E-state index contributed by atoms with van der Waals surface area (Å²) in [6, 6.07) is 33.2. The zero-order valence-electron chi connectivity index (χ0n) is 21.0. The first kappa shape index (κ1) is 24.3. The molecule has 1 aliphatic carbocycles. The van der Waals surface area contributed by atoms with Gasteiger partial charge in [-0.25, -0.2) is 0 Å². The summed E-state index contributed by atoms with van der Waals surface area (Å²) in [7, 11) is -1.86. The van der Waals surface area contributed by atoms with E-state index < -0.39 is 7.26 Å². The summed E-state index contributed by atoms with van der Waals surface area (Å²) < 4.78 is 0. The van der Waals surface area contributed by atoms with E-state index in [4.69, 9.17) is 0 Å². The number of benzene rings is 3. The Morgan fingerprint density at radius 1 is 0.824 bits per heavy atom. The maximum atomic E-state index is 3.59. The summed E-state index contributed by atoms with van der Waals surface area (Å²) in [5.41, 5.74) is 4.16. The van der Waals surface area contributed by atoms with Gasteiger partial charge in [-0.05, 0) is 86.6 Å². The molecule has 0 aliphatic heterocycles. The van der Waals surface area contributed by atoms with Crippen LogP contribution in [0.2, 0.25) is 0 Å².